The lowest BCUT2D eigenvalue weighted by molar-refractivity contribution is -0.0704. The highest BCUT2D eigenvalue weighted by atomic mass is 16.6. The van der Waals surface area contributed by atoms with E-state index in [0.29, 0.717) is 26.2 Å². The molecule has 138 valence electrons. The molecule has 0 aromatic heterocycles. The van der Waals surface area contributed by atoms with Crippen molar-refractivity contribution >= 4 is 6.09 Å². The summed E-state index contributed by atoms with van der Waals surface area (Å²) in [5.41, 5.74) is -0.508. The molecule has 1 unspecified atom stereocenters. The summed E-state index contributed by atoms with van der Waals surface area (Å²) in [4.78, 5) is 11.4. The topological polar surface area (TPSA) is 106 Å². The van der Waals surface area contributed by atoms with Crippen LogP contribution in [0.4, 0.5) is 4.79 Å². The molecule has 0 heterocycles. The van der Waals surface area contributed by atoms with Crippen molar-refractivity contribution < 1.29 is 34.0 Å². The van der Waals surface area contributed by atoms with Gasteiger partial charge in [0, 0.05) is 13.2 Å². The molecule has 0 fully saturated rings. The van der Waals surface area contributed by atoms with Crippen LogP contribution in [0.2, 0.25) is 0 Å². The molecule has 0 aromatic carbocycles. The first-order valence-electron chi connectivity index (χ1n) is 7.84. The number of hydrogen-bond donors (Lipinski definition) is 3. The highest BCUT2D eigenvalue weighted by Gasteiger charge is 2.15. The van der Waals surface area contributed by atoms with Gasteiger partial charge in [0.15, 0.2) is 0 Å². The van der Waals surface area contributed by atoms with Crippen molar-refractivity contribution in [1.82, 2.24) is 5.32 Å². The first-order chi connectivity index (χ1) is 10.9. The lowest BCUT2D eigenvalue weighted by atomic mass is 10.2. The van der Waals surface area contributed by atoms with E-state index in [4.69, 9.17) is 29.2 Å². The Bertz CT molecular complexity index is 294. The van der Waals surface area contributed by atoms with Crippen LogP contribution in [0.25, 0.3) is 0 Å². The first-order valence-corrected chi connectivity index (χ1v) is 7.84. The third-order valence-electron chi connectivity index (χ3n) is 2.42. The van der Waals surface area contributed by atoms with Gasteiger partial charge >= 0.3 is 6.09 Å². The number of aliphatic hydroxyl groups is 2. The summed E-state index contributed by atoms with van der Waals surface area (Å²) in [6, 6.07) is 0. The van der Waals surface area contributed by atoms with Crippen molar-refractivity contribution in [2.45, 2.75) is 38.9 Å². The van der Waals surface area contributed by atoms with Gasteiger partial charge in [-0.1, -0.05) is 0 Å². The molecule has 8 heteroatoms. The average Bonchev–Trinajstić information content (AvgIpc) is 2.45. The fraction of sp³-hybridized carbons (Fsp3) is 0.933. The fourth-order valence-electron chi connectivity index (χ4n) is 1.54. The second-order valence-electron chi connectivity index (χ2n) is 5.87. The molecule has 0 aliphatic rings. The van der Waals surface area contributed by atoms with Gasteiger partial charge in [-0.15, -0.1) is 0 Å². The quantitative estimate of drug-likeness (QED) is 0.415. The zero-order valence-electron chi connectivity index (χ0n) is 14.4. The number of carbonyl (C=O) groups excluding carboxylic acids is 1. The number of ether oxygens (including phenoxy) is 4. The number of alkyl carbamates (subject to hydrolysis) is 1. The second kappa shape index (κ2) is 13.5. The Kier molecular flexibility index (Phi) is 13.0. The average molecular weight is 337 g/mol. The molecular formula is C15H31NO7. The number of aliphatic hydroxyl groups excluding tert-OH is 2. The zero-order chi connectivity index (χ0) is 17.6. The van der Waals surface area contributed by atoms with Crippen molar-refractivity contribution in [3.63, 3.8) is 0 Å². The summed E-state index contributed by atoms with van der Waals surface area (Å²) < 4.78 is 21.1. The van der Waals surface area contributed by atoms with E-state index in [2.05, 4.69) is 5.32 Å². The predicted octanol–water partition coefficient (Wildman–Crippen LogP) is 0.304. The van der Waals surface area contributed by atoms with Gasteiger partial charge in [-0.3, -0.25) is 0 Å². The minimum Gasteiger partial charge on any atom is -0.444 e. The Balaban J connectivity index is 3.69. The van der Waals surface area contributed by atoms with Crippen LogP contribution >= 0.6 is 0 Å². The smallest absolute Gasteiger partial charge is 0.407 e. The van der Waals surface area contributed by atoms with Crippen LogP contribution in [0.5, 0.6) is 0 Å². The SMILES string of the molecule is CC(C)(C)OC(=O)NCCCOCC(COCCO)OCCO. The molecule has 8 nitrogen and oxygen atoms in total. The highest BCUT2D eigenvalue weighted by Crippen LogP contribution is 2.06. The highest BCUT2D eigenvalue weighted by molar-refractivity contribution is 5.67. The van der Waals surface area contributed by atoms with Crippen molar-refractivity contribution in [1.29, 1.82) is 0 Å². The van der Waals surface area contributed by atoms with Gasteiger partial charge in [-0.2, -0.15) is 0 Å². The Labute approximate surface area is 138 Å². The second-order valence-corrected chi connectivity index (χ2v) is 5.87. The van der Waals surface area contributed by atoms with Gasteiger partial charge in [0.2, 0.25) is 0 Å². The van der Waals surface area contributed by atoms with E-state index in [1.165, 1.54) is 0 Å². The van der Waals surface area contributed by atoms with Gasteiger partial charge in [0.05, 0.1) is 39.6 Å². The van der Waals surface area contributed by atoms with Crippen molar-refractivity contribution in [2.75, 3.05) is 52.8 Å². The van der Waals surface area contributed by atoms with E-state index in [0.717, 1.165) is 0 Å². The molecule has 0 radical (unpaired) electrons. The fourth-order valence-corrected chi connectivity index (χ4v) is 1.54. The molecule has 1 amide bonds. The van der Waals surface area contributed by atoms with E-state index in [1.807, 2.05) is 0 Å². The number of nitrogens with one attached hydrogen (secondary N) is 1. The maximum Gasteiger partial charge on any atom is 0.407 e. The lowest BCUT2D eigenvalue weighted by Gasteiger charge is -2.20. The van der Waals surface area contributed by atoms with Gasteiger partial charge < -0.3 is 34.5 Å². The van der Waals surface area contributed by atoms with Crippen LogP contribution in [-0.2, 0) is 18.9 Å². The minimum atomic E-state index is -0.508. The molecule has 0 saturated heterocycles. The zero-order valence-corrected chi connectivity index (χ0v) is 14.4. The monoisotopic (exact) mass is 337 g/mol. The standard InChI is InChI=1S/C15H31NO7/c1-15(2,3)23-14(19)16-5-4-8-20-11-13(22-10-7-18)12-21-9-6-17/h13,17-18H,4-12H2,1-3H3,(H,16,19). The Hall–Kier alpha value is -0.930. The van der Waals surface area contributed by atoms with Crippen molar-refractivity contribution in [3.05, 3.63) is 0 Å². The number of rotatable bonds is 13. The van der Waals surface area contributed by atoms with E-state index in [9.17, 15) is 4.79 Å². The molecule has 0 aromatic rings. The summed E-state index contributed by atoms with van der Waals surface area (Å²) in [5, 5.41) is 20.1. The summed E-state index contributed by atoms with van der Waals surface area (Å²) >= 11 is 0. The lowest BCUT2D eigenvalue weighted by Crippen LogP contribution is -2.33. The van der Waals surface area contributed by atoms with E-state index < -0.39 is 11.7 Å². The molecule has 0 aliphatic carbocycles. The van der Waals surface area contributed by atoms with Gasteiger partial charge in [0.1, 0.15) is 11.7 Å². The van der Waals surface area contributed by atoms with Crippen LogP contribution in [0.15, 0.2) is 0 Å². The number of carbonyl (C=O) groups is 1. The van der Waals surface area contributed by atoms with E-state index >= 15 is 0 Å². The molecule has 23 heavy (non-hydrogen) atoms. The molecule has 1 atom stereocenters. The van der Waals surface area contributed by atoms with E-state index in [-0.39, 0.29) is 39.1 Å². The number of amides is 1. The summed E-state index contributed by atoms with van der Waals surface area (Å²) in [6.07, 6.45) is -0.102. The summed E-state index contributed by atoms with van der Waals surface area (Å²) in [6.45, 7) is 7.25. The van der Waals surface area contributed by atoms with Gasteiger partial charge in [0.25, 0.3) is 0 Å². The molecule has 0 rings (SSSR count). The Morgan fingerprint density at radius 3 is 2.22 bits per heavy atom. The maximum absolute atomic E-state index is 11.4. The predicted molar refractivity (Wildman–Crippen MR) is 84.4 cm³/mol. The van der Waals surface area contributed by atoms with Crippen LogP contribution in [0.1, 0.15) is 27.2 Å². The maximum atomic E-state index is 11.4. The molecule has 0 aliphatic heterocycles. The largest absolute Gasteiger partial charge is 0.444 e. The van der Waals surface area contributed by atoms with E-state index in [1.54, 1.807) is 20.8 Å². The van der Waals surface area contributed by atoms with Gasteiger partial charge in [-0.25, -0.2) is 4.79 Å². The minimum absolute atomic E-state index is 0.0517. The Morgan fingerprint density at radius 1 is 1.04 bits per heavy atom. The van der Waals surface area contributed by atoms with Gasteiger partial charge in [-0.05, 0) is 27.2 Å². The molecule has 3 N–H and O–H groups in total. The summed E-state index contributed by atoms with van der Waals surface area (Å²) in [7, 11) is 0. The van der Waals surface area contributed by atoms with Crippen LogP contribution in [-0.4, -0.2) is 80.8 Å². The van der Waals surface area contributed by atoms with Crippen LogP contribution in [0.3, 0.4) is 0 Å². The normalized spacial score (nSPS) is 12.9. The third kappa shape index (κ3) is 15.7. The summed E-state index contributed by atoms with van der Waals surface area (Å²) in [5.74, 6) is 0. The number of hydrogen-bond acceptors (Lipinski definition) is 7. The van der Waals surface area contributed by atoms with Crippen LogP contribution < -0.4 is 5.32 Å². The molecule has 0 bridgehead atoms. The molecule has 0 spiro atoms. The first kappa shape index (κ1) is 22.1. The van der Waals surface area contributed by atoms with Crippen molar-refractivity contribution in [2.24, 2.45) is 0 Å². The van der Waals surface area contributed by atoms with Crippen molar-refractivity contribution in [3.8, 4) is 0 Å². The molecular weight excluding hydrogens is 306 g/mol. The third-order valence-corrected chi connectivity index (χ3v) is 2.42. The molecule has 0 saturated carbocycles. The van der Waals surface area contributed by atoms with Crippen LogP contribution in [0, 0.1) is 0 Å². The Morgan fingerprint density at radius 2 is 1.65 bits per heavy atom.